The Labute approximate surface area is 262 Å². The first kappa shape index (κ1) is 35.1. The lowest BCUT2D eigenvalue weighted by Gasteiger charge is -2.43. The van der Waals surface area contributed by atoms with Crippen molar-refractivity contribution >= 4 is 23.6 Å². The Balaban J connectivity index is 1.81. The van der Waals surface area contributed by atoms with E-state index < -0.39 is 17.7 Å². The second-order valence-corrected chi connectivity index (χ2v) is 13.8. The molecule has 44 heavy (non-hydrogen) atoms. The van der Waals surface area contributed by atoms with Gasteiger partial charge in [-0.15, -0.1) is 6.58 Å². The van der Waals surface area contributed by atoms with Gasteiger partial charge in [-0.3, -0.25) is 9.69 Å². The summed E-state index contributed by atoms with van der Waals surface area (Å²) in [5.74, 6) is -0.478. The van der Waals surface area contributed by atoms with Gasteiger partial charge in [-0.1, -0.05) is 32.4 Å². The second-order valence-electron chi connectivity index (χ2n) is 13.8. The van der Waals surface area contributed by atoms with Crippen molar-refractivity contribution in [3.63, 3.8) is 0 Å². The molecule has 0 saturated heterocycles. The van der Waals surface area contributed by atoms with Gasteiger partial charge in [0.1, 0.15) is 17.5 Å². The number of carbonyl (C=O) groups is 2. The first-order valence-electron chi connectivity index (χ1n) is 15.6. The molecule has 0 heterocycles. The minimum Gasteiger partial charge on any atom is -0.444 e. The zero-order chi connectivity index (χ0) is 32.9. The number of nitrogens with two attached hydrogens (primary N) is 1. The second kappa shape index (κ2) is 14.1. The molecule has 0 aliphatic heterocycles. The lowest BCUT2D eigenvalue weighted by molar-refractivity contribution is -0.124. The van der Waals surface area contributed by atoms with Crippen molar-refractivity contribution in [2.24, 2.45) is 21.6 Å². The van der Waals surface area contributed by atoms with Crippen LogP contribution in [0.2, 0.25) is 0 Å². The number of likely N-dealkylation sites (N-methyl/N-ethyl adjacent to an activating group) is 1. The van der Waals surface area contributed by atoms with E-state index in [4.69, 9.17) is 15.2 Å². The van der Waals surface area contributed by atoms with Gasteiger partial charge < -0.3 is 25.8 Å². The van der Waals surface area contributed by atoms with Crippen LogP contribution in [-0.4, -0.2) is 59.8 Å². The van der Waals surface area contributed by atoms with E-state index in [0.29, 0.717) is 5.69 Å². The number of halogens is 1. The van der Waals surface area contributed by atoms with Crippen LogP contribution in [0.3, 0.4) is 0 Å². The lowest BCUT2D eigenvalue weighted by atomic mass is 9.63. The molecule has 2 aliphatic rings. The number of nitrogens with one attached hydrogen (secondary N) is 2. The third-order valence-corrected chi connectivity index (χ3v) is 8.53. The average molecular weight is 614 g/mol. The Morgan fingerprint density at radius 3 is 2.59 bits per heavy atom. The van der Waals surface area contributed by atoms with Crippen LogP contribution >= 0.6 is 0 Å². The van der Waals surface area contributed by atoms with Gasteiger partial charge in [0.25, 0.3) is 0 Å². The predicted octanol–water partition coefficient (Wildman–Crippen LogP) is 6.52. The summed E-state index contributed by atoms with van der Waals surface area (Å²) < 4.78 is 25.5. The molecule has 5 atom stereocenters. The van der Waals surface area contributed by atoms with E-state index in [1.54, 1.807) is 40.0 Å². The molecule has 244 valence electrons. The summed E-state index contributed by atoms with van der Waals surface area (Å²) in [6.07, 6.45) is 7.95. The third kappa shape index (κ3) is 9.06. The van der Waals surface area contributed by atoms with Gasteiger partial charge in [0.05, 0.1) is 12.2 Å². The van der Waals surface area contributed by atoms with Crippen LogP contribution in [0, 0.1) is 16.6 Å². The van der Waals surface area contributed by atoms with Crippen molar-refractivity contribution < 1.29 is 23.5 Å². The Morgan fingerprint density at radius 1 is 1.30 bits per heavy atom. The molecule has 2 unspecified atom stereocenters. The molecular formula is C34H52FN5O4. The van der Waals surface area contributed by atoms with Gasteiger partial charge in [0.15, 0.2) is 5.96 Å². The summed E-state index contributed by atoms with van der Waals surface area (Å²) in [4.78, 5) is 31.8. The molecule has 4 N–H and O–H groups in total. The summed E-state index contributed by atoms with van der Waals surface area (Å²) in [7, 11) is 1.55. The fourth-order valence-electron chi connectivity index (χ4n) is 6.43. The molecule has 0 radical (unpaired) electrons. The maximum atomic E-state index is 13.7. The Kier molecular flexibility index (Phi) is 11.3. The molecule has 1 spiro atoms. The number of ether oxygens (including phenoxy) is 2. The summed E-state index contributed by atoms with van der Waals surface area (Å²) in [6.45, 7) is 17.5. The Bertz CT molecular complexity index is 1260. The average Bonchev–Trinajstić information content (AvgIpc) is 3.55. The Hall–Kier alpha value is -3.40. The van der Waals surface area contributed by atoms with Crippen molar-refractivity contribution in [1.82, 2.24) is 10.2 Å². The van der Waals surface area contributed by atoms with Crippen LogP contribution in [0.1, 0.15) is 87.0 Å². The van der Waals surface area contributed by atoms with E-state index in [0.717, 1.165) is 44.1 Å². The molecule has 3 rings (SSSR count). The maximum absolute atomic E-state index is 13.7. The van der Waals surface area contributed by atoms with Crippen molar-refractivity contribution in [3.8, 4) is 0 Å². The standard InChI is InChI=1S/C34H52FN5O4/c1-10-26(40(9)31(42)44-32(5,6)7)29(41)39-28-19-34(28)17-13-16-33(8,21-34)25(27(11-2)43-22(3)4)20-37-30(36)38-24-15-12-14-23(35)18-24/h10,12,14-15,18,20,22,26-28H,1,11,13,16-17,19,21H2,2-9H3,(H,39,41)(H3,36,37,38)/b25-20+/t26-,27?,28?,33+,34+/m0/s1. The lowest BCUT2D eigenvalue weighted by Crippen LogP contribution is -2.49. The van der Waals surface area contributed by atoms with Crippen molar-refractivity contribution in [2.75, 3.05) is 12.4 Å². The third-order valence-electron chi connectivity index (χ3n) is 8.53. The van der Waals surface area contributed by atoms with E-state index in [1.807, 2.05) is 20.0 Å². The van der Waals surface area contributed by atoms with Crippen LogP contribution in [-0.2, 0) is 14.3 Å². The molecule has 0 aromatic heterocycles. The summed E-state index contributed by atoms with van der Waals surface area (Å²) >= 11 is 0. The van der Waals surface area contributed by atoms with Gasteiger partial charge in [-0.05, 0) is 101 Å². The molecule has 1 aromatic rings. The van der Waals surface area contributed by atoms with E-state index in [1.165, 1.54) is 23.1 Å². The van der Waals surface area contributed by atoms with E-state index in [2.05, 4.69) is 36.1 Å². The highest BCUT2D eigenvalue weighted by Crippen LogP contribution is 2.63. The number of nitrogens with zero attached hydrogens (tertiary/aromatic N) is 2. The number of amides is 2. The normalized spacial score (nSPS) is 25.3. The molecular weight excluding hydrogens is 561 g/mol. The molecule has 2 fully saturated rings. The van der Waals surface area contributed by atoms with Gasteiger partial charge in [-0.2, -0.15) is 0 Å². The molecule has 2 aliphatic carbocycles. The van der Waals surface area contributed by atoms with E-state index in [9.17, 15) is 14.0 Å². The SMILES string of the molecule is C=C[C@@H](C(=O)NC1C[C@@]12CCC[C@@](C)(/C(=C/N=C(N)Nc1cccc(F)c1)C(CC)OC(C)C)C2)N(C)C(=O)OC(C)(C)C. The summed E-state index contributed by atoms with van der Waals surface area (Å²) in [5, 5.41) is 6.16. The number of aliphatic imine (C=N–C) groups is 1. The number of benzene rings is 1. The highest BCUT2D eigenvalue weighted by atomic mass is 19.1. The highest BCUT2D eigenvalue weighted by Gasteiger charge is 2.60. The monoisotopic (exact) mass is 613 g/mol. The van der Waals surface area contributed by atoms with Gasteiger partial charge >= 0.3 is 6.09 Å². The molecule has 2 saturated carbocycles. The molecule has 2 amide bonds. The molecule has 0 bridgehead atoms. The fraction of sp³-hybridized carbons (Fsp3) is 0.618. The van der Waals surface area contributed by atoms with Gasteiger partial charge in [0, 0.05) is 25.0 Å². The topological polar surface area (TPSA) is 118 Å². The maximum Gasteiger partial charge on any atom is 0.410 e. The van der Waals surface area contributed by atoms with Crippen LogP contribution in [0.5, 0.6) is 0 Å². The number of rotatable bonds is 11. The van der Waals surface area contributed by atoms with Gasteiger partial charge in [0.2, 0.25) is 5.91 Å². The van der Waals surface area contributed by atoms with Gasteiger partial charge in [-0.25, -0.2) is 14.2 Å². The smallest absolute Gasteiger partial charge is 0.410 e. The van der Waals surface area contributed by atoms with Crippen molar-refractivity contribution in [3.05, 3.63) is 54.5 Å². The first-order valence-corrected chi connectivity index (χ1v) is 15.6. The van der Waals surface area contributed by atoms with Crippen molar-refractivity contribution in [1.29, 1.82) is 0 Å². The predicted molar refractivity (Wildman–Crippen MR) is 174 cm³/mol. The highest BCUT2D eigenvalue weighted by molar-refractivity contribution is 5.92. The van der Waals surface area contributed by atoms with Crippen LogP contribution in [0.4, 0.5) is 14.9 Å². The Morgan fingerprint density at radius 2 is 2.00 bits per heavy atom. The summed E-state index contributed by atoms with van der Waals surface area (Å²) in [6, 6.07) is 5.20. The number of hydrogen-bond acceptors (Lipinski definition) is 5. The minimum absolute atomic E-state index is 0.0142. The number of hydrogen-bond donors (Lipinski definition) is 3. The minimum atomic E-state index is -0.847. The fourth-order valence-corrected chi connectivity index (χ4v) is 6.43. The number of carbonyl (C=O) groups excluding carboxylic acids is 2. The largest absolute Gasteiger partial charge is 0.444 e. The zero-order valence-electron chi connectivity index (χ0n) is 27.7. The zero-order valence-corrected chi connectivity index (χ0v) is 27.7. The number of anilines is 1. The number of guanidine groups is 1. The van der Waals surface area contributed by atoms with E-state index in [-0.39, 0.29) is 46.8 Å². The van der Waals surface area contributed by atoms with Crippen LogP contribution in [0.15, 0.2) is 53.7 Å². The van der Waals surface area contributed by atoms with Crippen LogP contribution < -0.4 is 16.4 Å². The molecule has 9 nitrogen and oxygen atoms in total. The van der Waals surface area contributed by atoms with Crippen LogP contribution in [0.25, 0.3) is 0 Å². The van der Waals surface area contributed by atoms with Crippen molar-refractivity contribution in [2.45, 2.75) is 117 Å². The van der Waals surface area contributed by atoms with E-state index >= 15 is 0 Å². The molecule has 10 heteroatoms. The first-order chi connectivity index (χ1) is 20.5. The molecule has 1 aromatic carbocycles. The quantitative estimate of drug-likeness (QED) is 0.149. The summed E-state index contributed by atoms with van der Waals surface area (Å²) in [5.41, 5.74) is 6.80.